The zero-order valence-electron chi connectivity index (χ0n) is 12.6. The molecule has 0 rings (SSSR count). The molecule has 0 heterocycles. The number of nitrogens with two attached hydrogens (primary N) is 1. The average Bonchev–Trinajstić information content (AvgIpc) is 2.47. The van der Waals surface area contributed by atoms with Gasteiger partial charge in [-0.1, -0.05) is 12.1 Å². The number of nitrogens with one attached hydrogen (secondary N) is 2. The molecule has 0 spiro atoms. The van der Waals surface area contributed by atoms with Crippen molar-refractivity contribution in [2.45, 2.75) is 38.5 Å². The van der Waals surface area contributed by atoms with Crippen molar-refractivity contribution in [2.75, 3.05) is 13.2 Å². The molecule has 128 valence electrons. The highest BCUT2D eigenvalue weighted by Crippen LogP contribution is 1.96. The minimum absolute atomic E-state index is 0.0648. The summed E-state index contributed by atoms with van der Waals surface area (Å²) < 4.78 is 16.2. The number of carboxylic acid groups (broad SMARTS) is 1. The monoisotopic (exact) mass is 337 g/mol. The zero-order valence-corrected chi connectivity index (χ0v) is 13.4. The van der Waals surface area contributed by atoms with E-state index in [9.17, 15) is 14.5 Å². The number of aliphatic imine (C=N–C) groups is 1. The fraction of sp³-hybridized carbons (Fsp3) is 0.727. The lowest BCUT2D eigenvalue weighted by Gasteiger charge is -2.18. The molecule has 0 aromatic rings. The molecule has 0 aliphatic heterocycles. The molecule has 0 bridgehead atoms. The highest BCUT2D eigenvalue weighted by atomic mass is 32.2. The highest BCUT2D eigenvalue weighted by Gasteiger charge is 2.28. The maximum absolute atomic E-state index is 11.5. The molecule has 0 aromatic heterocycles. The Morgan fingerprint density at radius 2 is 2.23 bits per heavy atom. The minimum Gasteiger partial charge on any atom is -0.579 e. The summed E-state index contributed by atoms with van der Waals surface area (Å²) in [4.78, 5) is 19.4. The standard InChI is InChI=1S/C11H23N5O5S/c1-4-8(12)10(13-3)15-21-6-5-14-22(20)16-9(7(2)17)11(18)19/h7-9,14,16-17H,3-6,12H2,1-2H3,(H,18,19)/b15-10-. The SMILES string of the molecule is C=N/C(=N\OCCN[S+]([O-])NC(C(=O)O)C(C)O)C(N)CC. The van der Waals surface area contributed by atoms with Crippen LogP contribution in [0.3, 0.4) is 0 Å². The van der Waals surface area contributed by atoms with E-state index in [0.717, 1.165) is 0 Å². The molecular formula is C11H23N5O5S. The normalized spacial score (nSPS) is 17.4. The van der Waals surface area contributed by atoms with Crippen LogP contribution in [0.2, 0.25) is 0 Å². The molecule has 10 nitrogen and oxygen atoms in total. The number of amidine groups is 1. The first kappa shape index (κ1) is 20.8. The van der Waals surface area contributed by atoms with E-state index in [1.807, 2.05) is 6.92 Å². The van der Waals surface area contributed by atoms with E-state index in [-0.39, 0.29) is 25.0 Å². The number of nitrogens with zero attached hydrogens (tertiary/aromatic N) is 2. The largest absolute Gasteiger partial charge is 0.579 e. The fourth-order valence-electron chi connectivity index (χ4n) is 1.20. The molecule has 4 atom stereocenters. The number of rotatable bonds is 11. The Hall–Kier alpha value is -1.24. The van der Waals surface area contributed by atoms with Crippen LogP contribution in [0.15, 0.2) is 10.1 Å². The predicted octanol–water partition coefficient (Wildman–Crippen LogP) is -1.65. The lowest BCUT2D eigenvalue weighted by molar-refractivity contribution is -0.141. The Morgan fingerprint density at radius 1 is 1.59 bits per heavy atom. The highest BCUT2D eigenvalue weighted by molar-refractivity contribution is 7.87. The molecule has 6 N–H and O–H groups in total. The van der Waals surface area contributed by atoms with Gasteiger partial charge in [0.25, 0.3) is 0 Å². The van der Waals surface area contributed by atoms with Crippen LogP contribution in [0.5, 0.6) is 0 Å². The maximum atomic E-state index is 11.5. The smallest absolute Gasteiger partial charge is 0.328 e. The molecule has 4 unspecified atom stereocenters. The van der Waals surface area contributed by atoms with Gasteiger partial charge in [-0.25, -0.2) is 4.99 Å². The number of carboxylic acids is 1. The van der Waals surface area contributed by atoms with Crippen molar-refractivity contribution < 1.29 is 24.4 Å². The summed E-state index contributed by atoms with van der Waals surface area (Å²) in [7, 11) is 0. The molecule has 0 fully saturated rings. The zero-order chi connectivity index (χ0) is 17.1. The molecule has 0 saturated carbocycles. The lowest BCUT2D eigenvalue weighted by atomic mass is 10.2. The van der Waals surface area contributed by atoms with Crippen LogP contribution in [0.4, 0.5) is 0 Å². The number of oxime groups is 1. The van der Waals surface area contributed by atoms with Gasteiger partial charge in [-0.15, -0.1) is 9.44 Å². The van der Waals surface area contributed by atoms with Gasteiger partial charge in [-0.3, -0.25) is 4.79 Å². The third-order valence-electron chi connectivity index (χ3n) is 2.50. The Kier molecular flexibility index (Phi) is 10.7. The van der Waals surface area contributed by atoms with Crippen LogP contribution < -0.4 is 15.2 Å². The van der Waals surface area contributed by atoms with Crippen molar-refractivity contribution in [2.24, 2.45) is 15.9 Å². The number of carbonyl (C=O) groups is 1. The minimum atomic E-state index is -1.85. The second-order valence-corrected chi connectivity index (χ2v) is 5.35. The second kappa shape index (κ2) is 11.3. The Balaban J connectivity index is 4.07. The average molecular weight is 337 g/mol. The Bertz CT molecular complexity index is 382. The second-order valence-electron chi connectivity index (χ2n) is 4.29. The topological polar surface area (TPSA) is 165 Å². The van der Waals surface area contributed by atoms with Crippen LogP contribution in [0.25, 0.3) is 0 Å². The molecular weight excluding hydrogens is 314 g/mol. The number of aliphatic hydroxyl groups excluding tert-OH is 1. The van der Waals surface area contributed by atoms with Gasteiger partial charge in [-0.05, 0) is 20.1 Å². The van der Waals surface area contributed by atoms with Crippen molar-refractivity contribution in [3.63, 3.8) is 0 Å². The Morgan fingerprint density at radius 3 is 2.68 bits per heavy atom. The molecule has 22 heavy (non-hydrogen) atoms. The summed E-state index contributed by atoms with van der Waals surface area (Å²) in [6.45, 7) is 6.66. The summed E-state index contributed by atoms with van der Waals surface area (Å²) in [6, 6.07) is -1.71. The lowest BCUT2D eigenvalue weighted by Crippen LogP contribution is -2.51. The maximum Gasteiger partial charge on any atom is 0.328 e. The quantitative estimate of drug-likeness (QED) is 0.0983. The van der Waals surface area contributed by atoms with Crippen molar-refractivity contribution in [1.82, 2.24) is 9.44 Å². The molecule has 0 saturated heterocycles. The van der Waals surface area contributed by atoms with E-state index < -0.39 is 29.7 Å². The summed E-state index contributed by atoms with van der Waals surface area (Å²) in [5, 5.41) is 21.7. The first-order valence-corrected chi connectivity index (χ1v) is 7.72. The van der Waals surface area contributed by atoms with E-state index in [4.69, 9.17) is 15.7 Å². The fourth-order valence-corrected chi connectivity index (χ4v) is 2.08. The van der Waals surface area contributed by atoms with Crippen molar-refractivity contribution in [3.8, 4) is 0 Å². The molecule has 0 amide bonds. The van der Waals surface area contributed by atoms with Crippen LogP contribution in [0, 0.1) is 0 Å². The summed E-state index contributed by atoms with van der Waals surface area (Å²) in [5.41, 5.74) is 5.70. The Labute approximate surface area is 132 Å². The van der Waals surface area contributed by atoms with Crippen molar-refractivity contribution in [3.05, 3.63) is 0 Å². The molecule has 0 aromatic carbocycles. The molecule has 0 radical (unpaired) electrons. The van der Waals surface area contributed by atoms with Gasteiger partial charge < -0.3 is 25.3 Å². The number of aliphatic hydroxyl groups is 1. The van der Waals surface area contributed by atoms with E-state index >= 15 is 0 Å². The van der Waals surface area contributed by atoms with Gasteiger partial charge in [0.05, 0.1) is 18.7 Å². The van der Waals surface area contributed by atoms with Crippen molar-refractivity contribution >= 4 is 30.1 Å². The molecule has 0 aliphatic carbocycles. The van der Waals surface area contributed by atoms with Gasteiger partial charge in [0.15, 0.2) is 11.9 Å². The van der Waals surface area contributed by atoms with Crippen LogP contribution >= 0.6 is 0 Å². The summed E-state index contributed by atoms with van der Waals surface area (Å²) in [5.74, 6) is -1.04. The van der Waals surface area contributed by atoms with Gasteiger partial charge in [0.1, 0.15) is 18.2 Å². The van der Waals surface area contributed by atoms with Crippen LogP contribution in [-0.4, -0.2) is 64.6 Å². The van der Waals surface area contributed by atoms with Gasteiger partial charge in [-0.2, -0.15) is 0 Å². The van der Waals surface area contributed by atoms with Crippen molar-refractivity contribution in [1.29, 1.82) is 0 Å². The van der Waals surface area contributed by atoms with Gasteiger partial charge >= 0.3 is 5.97 Å². The summed E-state index contributed by atoms with van der Waals surface area (Å²) in [6.07, 6.45) is -0.565. The number of aliphatic carboxylic acids is 1. The van der Waals surface area contributed by atoms with Crippen LogP contribution in [-0.2, 0) is 21.2 Å². The third-order valence-corrected chi connectivity index (χ3v) is 3.43. The molecule has 0 aliphatic rings. The number of hydrogen-bond acceptors (Lipinski definition) is 8. The van der Waals surface area contributed by atoms with E-state index in [1.165, 1.54) is 6.92 Å². The van der Waals surface area contributed by atoms with E-state index in [1.54, 1.807) is 0 Å². The first-order chi connectivity index (χ1) is 10.3. The molecule has 11 heteroatoms. The number of hydrogen-bond donors (Lipinski definition) is 5. The summed E-state index contributed by atoms with van der Waals surface area (Å²) >= 11 is -1.85. The van der Waals surface area contributed by atoms with Crippen LogP contribution in [0.1, 0.15) is 20.3 Å². The first-order valence-electron chi connectivity index (χ1n) is 6.57. The van der Waals surface area contributed by atoms with Gasteiger partial charge in [0, 0.05) is 0 Å². The van der Waals surface area contributed by atoms with E-state index in [0.29, 0.717) is 6.42 Å². The predicted molar refractivity (Wildman–Crippen MR) is 83.6 cm³/mol. The third kappa shape index (κ3) is 8.26. The van der Waals surface area contributed by atoms with E-state index in [2.05, 4.69) is 26.3 Å². The van der Waals surface area contributed by atoms with Gasteiger partial charge in [0.2, 0.25) is 0 Å².